The summed E-state index contributed by atoms with van der Waals surface area (Å²) >= 11 is 3.26. The van der Waals surface area contributed by atoms with Gasteiger partial charge in [-0.15, -0.1) is 0 Å². The van der Waals surface area contributed by atoms with Crippen LogP contribution in [0.2, 0.25) is 0 Å². The number of carbonyl (C=O) groups is 2. The number of hydrogen-bond donors (Lipinski definition) is 1. The molecule has 3 aromatic rings. The summed E-state index contributed by atoms with van der Waals surface area (Å²) in [5.74, 6) is -0.980. The van der Waals surface area contributed by atoms with E-state index in [0.29, 0.717) is 21.3 Å². The van der Waals surface area contributed by atoms with E-state index in [0.717, 1.165) is 0 Å². The third-order valence-corrected chi connectivity index (χ3v) is 4.31. The van der Waals surface area contributed by atoms with E-state index in [4.69, 9.17) is 4.74 Å². The lowest BCUT2D eigenvalue weighted by atomic mass is 10.1. The van der Waals surface area contributed by atoms with Gasteiger partial charge in [0, 0.05) is 13.2 Å². The largest absolute Gasteiger partial charge is 0.422 e. The number of hydrazone groups is 1. The highest BCUT2D eigenvalue weighted by atomic mass is 79.9. The Balaban J connectivity index is 1.57. The molecular formula is C20H16BrFN4O3. The molecule has 0 bridgehead atoms. The van der Waals surface area contributed by atoms with Gasteiger partial charge in [0.2, 0.25) is 5.91 Å². The van der Waals surface area contributed by atoms with E-state index in [1.54, 1.807) is 37.5 Å². The van der Waals surface area contributed by atoms with Crippen molar-refractivity contribution in [3.05, 3.63) is 81.8 Å². The Morgan fingerprint density at radius 3 is 2.72 bits per heavy atom. The second-order valence-corrected chi connectivity index (χ2v) is 6.91. The second-order valence-electron chi connectivity index (χ2n) is 6.06. The molecule has 1 amide bonds. The van der Waals surface area contributed by atoms with Crippen molar-refractivity contribution in [3.63, 3.8) is 0 Å². The first-order valence-corrected chi connectivity index (χ1v) is 9.28. The van der Waals surface area contributed by atoms with Gasteiger partial charge < -0.3 is 4.74 Å². The molecule has 0 spiro atoms. The van der Waals surface area contributed by atoms with Gasteiger partial charge in [-0.2, -0.15) is 10.2 Å². The van der Waals surface area contributed by atoms with E-state index in [2.05, 4.69) is 31.6 Å². The zero-order chi connectivity index (χ0) is 20.8. The van der Waals surface area contributed by atoms with Gasteiger partial charge in [-0.3, -0.25) is 9.48 Å². The van der Waals surface area contributed by atoms with E-state index >= 15 is 0 Å². The highest BCUT2D eigenvalue weighted by Gasteiger charge is 2.16. The topological polar surface area (TPSA) is 85.6 Å². The van der Waals surface area contributed by atoms with Gasteiger partial charge >= 0.3 is 5.97 Å². The molecule has 0 atom stereocenters. The molecule has 1 N–H and O–H groups in total. The molecule has 1 heterocycles. The number of halogens is 2. The first-order valence-electron chi connectivity index (χ1n) is 8.48. The summed E-state index contributed by atoms with van der Waals surface area (Å²) in [6.07, 6.45) is 3.15. The maximum Gasteiger partial charge on any atom is 0.365 e. The Bertz CT molecular complexity index is 1060. The number of aryl methyl sites for hydroxylation is 1. The van der Waals surface area contributed by atoms with Crippen LogP contribution in [0.25, 0.3) is 0 Å². The first-order chi connectivity index (χ1) is 13.9. The lowest BCUT2D eigenvalue weighted by Gasteiger charge is -2.04. The quantitative estimate of drug-likeness (QED) is 0.266. The summed E-state index contributed by atoms with van der Waals surface area (Å²) in [5, 5.41) is 7.93. The molecule has 7 nitrogen and oxygen atoms in total. The number of benzene rings is 2. The molecule has 0 aliphatic heterocycles. The highest BCUT2D eigenvalue weighted by molar-refractivity contribution is 9.10. The minimum absolute atomic E-state index is 0.0776. The molecule has 0 aliphatic rings. The number of rotatable bonds is 6. The van der Waals surface area contributed by atoms with Crippen molar-refractivity contribution in [2.24, 2.45) is 12.1 Å². The molecule has 0 fully saturated rings. The summed E-state index contributed by atoms with van der Waals surface area (Å²) in [6.45, 7) is 0. The van der Waals surface area contributed by atoms with Crippen molar-refractivity contribution in [3.8, 4) is 5.75 Å². The van der Waals surface area contributed by atoms with Gasteiger partial charge in [0.1, 0.15) is 11.6 Å². The SMILES string of the molecule is Cn1cc(Br)c(C(=O)Oc2cccc(/C=N/NC(=O)Cc3ccc(F)cc3)c2)n1. The lowest BCUT2D eigenvalue weighted by molar-refractivity contribution is -0.120. The zero-order valence-corrected chi connectivity index (χ0v) is 16.9. The van der Waals surface area contributed by atoms with Crippen molar-refractivity contribution in [1.29, 1.82) is 0 Å². The molecule has 0 saturated carbocycles. The van der Waals surface area contributed by atoms with Crippen molar-refractivity contribution >= 4 is 34.0 Å². The Kier molecular flexibility index (Phi) is 6.50. The molecular weight excluding hydrogens is 443 g/mol. The number of ether oxygens (including phenoxy) is 1. The molecule has 0 saturated heterocycles. The number of aromatic nitrogens is 2. The highest BCUT2D eigenvalue weighted by Crippen LogP contribution is 2.18. The van der Waals surface area contributed by atoms with Gasteiger partial charge in [0.15, 0.2) is 5.69 Å². The van der Waals surface area contributed by atoms with E-state index in [9.17, 15) is 14.0 Å². The predicted octanol–water partition coefficient (Wildman–Crippen LogP) is 3.23. The van der Waals surface area contributed by atoms with Crippen LogP contribution >= 0.6 is 15.9 Å². The first kappa shape index (κ1) is 20.4. The maximum absolute atomic E-state index is 12.9. The number of hydrogen-bond acceptors (Lipinski definition) is 5. The minimum atomic E-state index is -0.598. The summed E-state index contributed by atoms with van der Waals surface area (Å²) < 4.78 is 20.2. The molecule has 0 aliphatic carbocycles. The third kappa shape index (κ3) is 5.82. The van der Waals surface area contributed by atoms with Crippen LogP contribution in [-0.2, 0) is 18.3 Å². The Morgan fingerprint density at radius 2 is 2.03 bits per heavy atom. The van der Waals surface area contributed by atoms with Gasteiger partial charge in [0.05, 0.1) is 17.1 Å². The van der Waals surface area contributed by atoms with E-state index in [-0.39, 0.29) is 23.8 Å². The smallest absolute Gasteiger partial charge is 0.365 e. The molecule has 148 valence electrons. The molecule has 3 rings (SSSR count). The fourth-order valence-electron chi connectivity index (χ4n) is 2.42. The van der Waals surface area contributed by atoms with Crippen LogP contribution in [0.1, 0.15) is 21.6 Å². The fraction of sp³-hybridized carbons (Fsp3) is 0.100. The Hall–Kier alpha value is -3.33. The molecule has 29 heavy (non-hydrogen) atoms. The molecule has 1 aromatic heterocycles. The van der Waals surface area contributed by atoms with Gasteiger partial charge in [-0.1, -0.05) is 24.3 Å². The maximum atomic E-state index is 12.9. The predicted molar refractivity (Wildman–Crippen MR) is 108 cm³/mol. The summed E-state index contributed by atoms with van der Waals surface area (Å²) in [5.41, 5.74) is 3.86. The number of esters is 1. The average molecular weight is 459 g/mol. The molecule has 2 aromatic carbocycles. The summed E-state index contributed by atoms with van der Waals surface area (Å²) in [7, 11) is 1.70. The fourth-order valence-corrected chi connectivity index (χ4v) is 2.96. The monoisotopic (exact) mass is 458 g/mol. The van der Waals surface area contributed by atoms with E-state index in [1.807, 2.05) is 0 Å². The summed E-state index contributed by atoms with van der Waals surface area (Å²) in [6, 6.07) is 12.3. The van der Waals surface area contributed by atoms with Crippen molar-refractivity contribution < 1.29 is 18.7 Å². The van der Waals surface area contributed by atoms with Crippen LogP contribution < -0.4 is 10.2 Å². The number of nitrogens with one attached hydrogen (secondary N) is 1. The summed E-state index contributed by atoms with van der Waals surface area (Å²) in [4.78, 5) is 24.1. The van der Waals surface area contributed by atoms with Crippen LogP contribution in [0.5, 0.6) is 5.75 Å². The van der Waals surface area contributed by atoms with Crippen LogP contribution in [0.3, 0.4) is 0 Å². The average Bonchev–Trinajstić information content (AvgIpc) is 3.02. The van der Waals surface area contributed by atoms with Crippen LogP contribution in [0.15, 0.2) is 64.3 Å². The Labute approximate surface area is 174 Å². The standard InChI is InChI=1S/C20H16BrFN4O3/c1-26-12-17(21)19(25-26)20(28)29-16-4-2-3-14(9-16)11-23-24-18(27)10-13-5-7-15(22)8-6-13/h2-9,11-12H,10H2,1H3,(H,24,27)/b23-11+. The van der Waals surface area contributed by atoms with Crippen LogP contribution in [-0.4, -0.2) is 27.9 Å². The Morgan fingerprint density at radius 1 is 1.28 bits per heavy atom. The second kappa shape index (κ2) is 9.24. The van der Waals surface area contributed by atoms with Crippen LogP contribution in [0.4, 0.5) is 4.39 Å². The number of carbonyl (C=O) groups excluding carboxylic acids is 2. The normalized spacial score (nSPS) is 10.9. The third-order valence-electron chi connectivity index (χ3n) is 3.73. The van der Waals surface area contributed by atoms with Gasteiger partial charge in [-0.05, 0) is 51.3 Å². The van der Waals surface area contributed by atoms with Crippen molar-refractivity contribution in [2.45, 2.75) is 6.42 Å². The van der Waals surface area contributed by atoms with E-state index in [1.165, 1.54) is 35.2 Å². The van der Waals surface area contributed by atoms with Crippen LogP contribution in [0, 0.1) is 5.82 Å². The number of amides is 1. The van der Waals surface area contributed by atoms with Crippen molar-refractivity contribution in [1.82, 2.24) is 15.2 Å². The minimum Gasteiger partial charge on any atom is -0.422 e. The van der Waals surface area contributed by atoms with Crippen molar-refractivity contribution in [2.75, 3.05) is 0 Å². The molecule has 9 heteroatoms. The molecule has 0 radical (unpaired) electrons. The van der Waals surface area contributed by atoms with E-state index < -0.39 is 5.97 Å². The van der Waals surface area contributed by atoms with Gasteiger partial charge in [-0.25, -0.2) is 14.6 Å². The molecule has 0 unspecified atom stereocenters. The zero-order valence-electron chi connectivity index (χ0n) is 15.3. The van der Waals surface area contributed by atoms with Gasteiger partial charge in [0.25, 0.3) is 0 Å². The number of nitrogens with zero attached hydrogens (tertiary/aromatic N) is 3. The lowest BCUT2D eigenvalue weighted by Crippen LogP contribution is -2.19.